The fraction of sp³-hybridized carbons (Fsp3) is 0.400. The van der Waals surface area contributed by atoms with Crippen molar-refractivity contribution in [3.63, 3.8) is 0 Å². The van der Waals surface area contributed by atoms with Gasteiger partial charge in [-0.05, 0) is 69.3 Å². The lowest BCUT2D eigenvalue weighted by Crippen LogP contribution is -2.38. The molecule has 2 aliphatic heterocycles. The molecule has 4 rings (SSSR count). The van der Waals surface area contributed by atoms with E-state index in [0.717, 1.165) is 16.6 Å². The lowest BCUT2D eigenvalue weighted by molar-refractivity contribution is 0.178. The molecule has 2 aromatic rings. The van der Waals surface area contributed by atoms with Crippen LogP contribution >= 0.6 is 35.0 Å². The summed E-state index contributed by atoms with van der Waals surface area (Å²) < 4.78 is 0. The maximum Gasteiger partial charge on any atom is 0.0553 e. The molecule has 2 aromatic carbocycles. The predicted molar refractivity (Wildman–Crippen MR) is 109 cm³/mol. The van der Waals surface area contributed by atoms with E-state index in [4.69, 9.17) is 23.2 Å². The molecule has 2 heterocycles. The van der Waals surface area contributed by atoms with E-state index >= 15 is 0 Å². The molecule has 1 fully saturated rings. The standard InChI is InChI=1S/C20H22Cl2N2S/c1-23-10-3-2-4-16(23)9-11-24-17-7-5-14(21)12-19(17)25-20-13-15(22)6-8-18(20)24/h5-8,12-13,16H,2-4,9-11H2,1H3. The first kappa shape index (κ1) is 17.5. The second kappa shape index (κ2) is 7.40. The number of hydrogen-bond donors (Lipinski definition) is 0. The summed E-state index contributed by atoms with van der Waals surface area (Å²) in [5.74, 6) is 0. The number of benzene rings is 2. The summed E-state index contributed by atoms with van der Waals surface area (Å²) in [7, 11) is 2.26. The molecule has 132 valence electrons. The number of halogens is 2. The van der Waals surface area contributed by atoms with Crippen molar-refractivity contribution < 1.29 is 0 Å². The number of hydrogen-bond acceptors (Lipinski definition) is 3. The average Bonchev–Trinajstić information content (AvgIpc) is 2.59. The molecule has 0 N–H and O–H groups in total. The van der Waals surface area contributed by atoms with Gasteiger partial charge in [-0.2, -0.15) is 0 Å². The summed E-state index contributed by atoms with van der Waals surface area (Å²) in [6.45, 7) is 2.23. The Balaban J connectivity index is 1.64. The molecule has 1 unspecified atom stereocenters. The highest BCUT2D eigenvalue weighted by Gasteiger charge is 2.26. The Morgan fingerprint density at radius 3 is 2.24 bits per heavy atom. The quantitative estimate of drug-likeness (QED) is 0.590. The largest absolute Gasteiger partial charge is 0.340 e. The van der Waals surface area contributed by atoms with Crippen molar-refractivity contribution in [2.24, 2.45) is 0 Å². The van der Waals surface area contributed by atoms with Gasteiger partial charge in [0.2, 0.25) is 0 Å². The zero-order chi connectivity index (χ0) is 17.4. The molecule has 0 spiro atoms. The first-order chi connectivity index (χ1) is 12.1. The van der Waals surface area contributed by atoms with Crippen molar-refractivity contribution >= 4 is 46.3 Å². The van der Waals surface area contributed by atoms with Crippen LogP contribution in [0.25, 0.3) is 0 Å². The van der Waals surface area contributed by atoms with E-state index < -0.39 is 0 Å². The minimum absolute atomic E-state index is 0.676. The van der Waals surface area contributed by atoms with Gasteiger partial charge in [-0.15, -0.1) is 0 Å². The molecule has 5 heteroatoms. The summed E-state index contributed by atoms with van der Waals surface area (Å²) in [6, 6.07) is 13.1. The summed E-state index contributed by atoms with van der Waals surface area (Å²) in [6.07, 6.45) is 5.16. The molecule has 0 saturated carbocycles. The van der Waals surface area contributed by atoms with Crippen molar-refractivity contribution in [3.05, 3.63) is 46.4 Å². The van der Waals surface area contributed by atoms with Crippen LogP contribution in [0, 0.1) is 0 Å². The number of piperidine rings is 1. The Morgan fingerprint density at radius 2 is 1.64 bits per heavy atom. The predicted octanol–water partition coefficient (Wildman–Crippen LogP) is 6.47. The molecule has 1 atom stereocenters. The normalized spacial score (nSPS) is 20.3. The number of likely N-dealkylation sites (tertiary alicyclic amines) is 1. The molecule has 2 aliphatic rings. The van der Waals surface area contributed by atoms with Gasteiger partial charge in [0, 0.05) is 32.4 Å². The average molecular weight is 393 g/mol. The van der Waals surface area contributed by atoms with Crippen LogP contribution in [0.5, 0.6) is 0 Å². The Hall–Kier alpha value is -0.870. The molecule has 1 saturated heterocycles. The highest BCUT2D eigenvalue weighted by atomic mass is 35.5. The molecule has 0 bridgehead atoms. The highest BCUT2D eigenvalue weighted by molar-refractivity contribution is 7.99. The third-order valence-electron chi connectivity index (χ3n) is 5.25. The van der Waals surface area contributed by atoms with Crippen molar-refractivity contribution in [1.29, 1.82) is 0 Å². The number of fused-ring (bicyclic) bond motifs is 2. The van der Waals surface area contributed by atoms with Crippen LogP contribution in [0.3, 0.4) is 0 Å². The van der Waals surface area contributed by atoms with Gasteiger partial charge >= 0.3 is 0 Å². The molecular weight excluding hydrogens is 371 g/mol. The third-order valence-corrected chi connectivity index (χ3v) is 6.82. The van der Waals surface area contributed by atoms with Gasteiger partial charge in [-0.3, -0.25) is 0 Å². The van der Waals surface area contributed by atoms with E-state index in [9.17, 15) is 0 Å². The van der Waals surface area contributed by atoms with E-state index in [-0.39, 0.29) is 0 Å². The third kappa shape index (κ3) is 3.66. The molecule has 0 radical (unpaired) electrons. The summed E-state index contributed by atoms with van der Waals surface area (Å²) in [5.41, 5.74) is 2.50. The monoisotopic (exact) mass is 392 g/mol. The van der Waals surface area contributed by atoms with Gasteiger partial charge in [-0.1, -0.05) is 41.4 Å². The SMILES string of the molecule is CN1CCCCC1CCN1c2ccc(Cl)cc2Sc2cc(Cl)ccc21. The van der Waals surface area contributed by atoms with Gasteiger partial charge in [0.25, 0.3) is 0 Å². The molecule has 2 nitrogen and oxygen atoms in total. The Labute approximate surface area is 164 Å². The Kier molecular flexibility index (Phi) is 5.19. The van der Waals surface area contributed by atoms with Crippen LogP contribution in [-0.4, -0.2) is 31.1 Å². The number of anilines is 2. The van der Waals surface area contributed by atoms with E-state index in [2.05, 4.69) is 41.1 Å². The molecule has 0 amide bonds. The lowest BCUT2D eigenvalue weighted by atomic mass is 9.99. The Morgan fingerprint density at radius 1 is 1.00 bits per heavy atom. The van der Waals surface area contributed by atoms with Crippen molar-refractivity contribution in [1.82, 2.24) is 4.90 Å². The fourth-order valence-electron chi connectivity index (χ4n) is 3.86. The summed E-state index contributed by atoms with van der Waals surface area (Å²) in [5, 5.41) is 1.56. The van der Waals surface area contributed by atoms with Gasteiger partial charge in [-0.25, -0.2) is 0 Å². The van der Waals surface area contributed by atoms with Crippen molar-refractivity contribution in [2.45, 2.75) is 41.5 Å². The first-order valence-corrected chi connectivity index (χ1v) is 10.4. The molecule has 25 heavy (non-hydrogen) atoms. The van der Waals surface area contributed by atoms with Gasteiger partial charge < -0.3 is 9.80 Å². The van der Waals surface area contributed by atoms with Crippen LogP contribution in [-0.2, 0) is 0 Å². The second-order valence-electron chi connectivity index (χ2n) is 6.90. The van der Waals surface area contributed by atoms with E-state index in [1.165, 1.54) is 53.4 Å². The lowest BCUT2D eigenvalue weighted by Gasteiger charge is -2.37. The highest BCUT2D eigenvalue weighted by Crippen LogP contribution is 2.49. The van der Waals surface area contributed by atoms with E-state index in [1.807, 2.05) is 12.1 Å². The van der Waals surface area contributed by atoms with Crippen LogP contribution < -0.4 is 4.90 Å². The topological polar surface area (TPSA) is 6.48 Å². The molecule has 0 aliphatic carbocycles. The fourth-order valence-corrected chi connectivity index (χ4v) is 5.51. The van der Waals surface area contributed by atoms with E-state index in [0.29, 0.717) is 6.04 Å². The van der Waals surface area contributed by atoms with Crippen LogP contribution in [0.1, 0.15) is 25.7 Å². The zero-order valence-electron chi connectivity index (χ0n) is 14.3. The van der Waals surface area contributed by atoms with Gasteiger partial charge in [0.15, 0.2) is 0 Å². The van der Waals surface area contributed by atoms with Crippen molar-refractivity contribution in [3.8, 4) is 0 Å². The van der Waals surface area contributed by atoms with Gasteiger partial charge in [0.1, 0.15) is 0 Å². The minimum Gasteiger partial charge on any atom is -0.340 e. The molecular formula is C20H22Cl2N2S. The second-order valence-corrected chi connectivity index (χ2v) is 8.85. The summed E-state index contributed by atoms with van der Waals surface area (Å²) in [4.78, 5) is 7.38. The van der Waals surface area contributed by atoms with Crippen LogP contribution in [0.15, 0.2) is 46.2 Å². The smallest absolute Gasteiger partial charge is 0.0553 e. The number of rotatable bonds is 3. The summed E-state index contributed by atoms with van der Waals surface area (Å²) >= 11 is 14.2. The first-order valence-electron chi connectivity index (χ1n) is 8.86. The minimum atomic E-state index is 0.676. The maximum absolute atomic E-state index is 6.24. The maximum atomic E-state index is 6.24. The number of nitrogens with zero attached hydrogens (tertiary/aromatic N) is 2. The van der Waals surface area contributed by atoms with Crippen LogP contribution in [0.2, 0.25) is 10.0 Å². The van der Waals surface area contributed by atoms with Crippen molar-refractivity contribution in [2.75, 3.05) is 25.0 Å². The van der Waals surface area contributed by atoms with Crippen LogP contribution in [0.4, 0.5) is 11.4 Å². The Bertz CT molecular complexity index is 729. The van der Waals surface area contributed by atoms with Gasteiger partial charge in [0.05, 0.1) is 11.4 Å². The van der Waals surface area contributed by atoms with E-state index in [1.54, 1.807) is 11.8 Å². The zero-order valence-corrected chi connectivity index (χ0v) is 16.7. The molecule has 0 aromatic heterocycles.